The van der Waals surface area contributed by atoms with E-state index in [1.807, 2.05) is 6.07 Å². The summed E-state index contributed by atoms with van der Waals surface area (Å²) in [6, 6.07) is 9.03. The molecule has 0 unspecified atom stereocenters. The standard InChI is InChI=1S/C12H10O4/c13-11(14)8-10(12(15)16)7-6-9-4-2-1-3-5-9/h1-8H,(H,13,14)(H,15,16)/b7-6?,10-8+. The van der Waals surface area contributed by atoms with Crippen LogP contribution in [-0.2, 0) is 9.59 Å². The summed E-state index contributed by atoms with van der Waals surface area (Å²) >= 11 is 0. The molecular weight excluding hydrogens is 208 g/mol. The lowest BCUT2D eigenvalue weighted by atomic mass is 10.1. The SMILES string of the molecule is O=C(O)/C=C(\C=Cc1ccccc1)C(=O)O. The first-order valence-electron chi connectivity index (χ1n) is 4.50. The number of aliphatic carboxylic acids is 2. The van der Waals surface area contributed by atoms with Crippen LogP contribution in [-0.4, -0.2) is 22.2 Å². The van der Waals surface area contributed by atoms with Gasteiger partial charge in [-0.3, -0.25) is 0 Å². The van der Waals surface area contributed by atoms with Gasteiger partial charge in [0.05, 0.1) is 5.57 Å². The smallest absolute Gasteiger partial charge is 0.335 e. The fraction of sp³-hybridized carbons (Fsp3) is 0. The highest BCUT2D eigenvalue weighted by Gasteiger charge is 2.04. The highest BCUT2D eigenvalue weighted by Crippen LogP contribution is 2.05. The summed E-state index contributed by atoms with van der Waals surface area (Å²) in [5, 5.41) is 17.2. The van der Waals surface area contributed by atoms with Crippen LogP contribution in [0.5, 0.6) is 0 Å². The van der Waals surface area contributed by atoms with Crippen LogP contribution in [0.1, 0.15) is 5.56 Å². The van der Waals surface area contributed by atoms with Crippen LogP contribution in [0.15, 0.2) is 48.1 Å². The Bertz CT molecular complexity index is 443. The lowest BCUT2D eigenvalue weighted by Crippen LogP contribution is -2.01. The maximum Gasteiger partial charge on any atom is 0.335 e. The van der Waals surface area contributed by atoms with Crippen molar-refractivity contribution < 1.29 is 19.8 Å². The van der Waals surface area contributed by atoms with Crippen molar-refractivity contribution in [3.8, 4) is 0 Å². The third kappa shape index (κ3) is 3.79. The molecule has 1 rings (SSSR count). The molecule has 1 aromatic rings. The van der Waals surface area contributed by atoms with E-state index in [0.717, 1.165) is 5.56 Å². The normalized spacial score (nSPS) is 11.6. The predicted octanol–water partition coefficient (Wildman–Crippen LogP) is 1.80. The van der Waals surface area contributed by atoms with Crippen molar-refractivity contribution in [3.05, 3.63) is 53.6 Å². The predicted molar refractivity (Wildman–Crippen MR) is 58.8 cm³/mol. The summed E-state index contributed by atoms with van der Waals surface area (Å²) in [7, 11) is 0. The van der Waals surface area contributed by atoms with Gasteiger partial charge in [-0.25, -0.2) is 9.59 Å². The Balaban J connectivity index is 2.89. The summed E-state index contributed by atoms with van der Waals surface area (Å²) in [5.74, 6) is -2.55. The fourth-order valence-electron chi connectivity index (χ4n) is 1.06. The second kappa shape index (κ2) is 5.50. The van der Waals surface area contributed by atoms with E-state index in [9.17, 15) is 9.59 Å². The molecule has 4 nitrogen and oxygen atoms in total. The number of hydrogen-bond donors (Lipinski definition) is 2. The van der Waals surface area contributed by atoms with Crippen LogP contribution in [0, 0.1) is 0 Å². The first-order valence-corrected chi connectivity index (χ1v) is 4.50. The number of carboxylic acids is 2. The Hall–Kier alpha value is -2.36. The van der Waals surface area contributed by atoms with E-state index in [4.69, 9.17) is 10.2 Å². The Morgan fingerprint density at radius 1 is 1.06 bits per heavy atom. The Kier molecular flexibility index (Phi) is 4.03. The fourth-order valence-corrected chi connectivity index (χ4v) is 1.06. The van der Waals surface area contributed by atoms with Crippen molar-refractivity contribution in [1.82, 2.24) is 0 Å². The minimum atomic E-state index is -1.28. The van der Waals surface area contributed by atoms with E-state index in [1.54, 1.807) is 30.3 Å². The van der Waals surface area contributed by atoms with Gasteiger partial charge in [-0.15, -0.1) is 0 Å². The van der Waals surface area contributed by atoms with Crippen LogP contribution >= 0.6 is 0 Å². The minimum Gasteiger partial charge on any atom is -0.478 e. The topological polar surface area (TPSA) is 74.6 Å². The molecule has 2 N–H and O–H groups in total. The molecule has 0 aliphatic rings. The molecule has 0 saturated carbocycles. The van der Waals surface area contributed by atoms with Crippen molar-refractivity contribution >= 4 is 18.0 Å². The monoisotopic (exact) mass is 218 g/mol. The highest BCUT2D eigenvalue weighted by molar-refractivity contribution is 5.97. The molecule has 0 aliphatic heterocycles. The average Bonchev–Trinajstić information content (AvgIpc) is 2.25. The van der Waals surface area contributed by atoms with Gasteiger partial charge in [0.15, 0.2) is 0 Å². The van der Waals surface area contributed by atoms with Gasteiger partial charge in [0, 0.05) is 6.08 Å². The van der Waals surface area contributed by atoms with E-state index in [2.05, 4.69) is 0 Å². The van der Waals surface area contributed by atoms with Gasteiger partial charge in [0.25, 0.3) is 0 Å². The zero-order chi connectivity index (χ0) is 12.0. The number of carbonyl (C=O) groups is 2. The third-order valence-electron chi connectivity index (χ3n) is 1.78. The second-order valence-corrected chi connectivity index (χ2v) is 2.99. The molecule has 4 heteroatoms. The molecule has 0 bridgehead atoms. The van der Waals surface area contributed by atoms with Crippen LogP contribution in [0.3, 0.4) is 0 Å². The summed E-state index contributed by atoms with van der Waals surface area (Å²) in [6.07, 6.45) is 3.45. The average molecular weight is 218 g/mol. The molecule has 0 amide bonds. The largest absolute Gasteiger partial charge is 0.478 e. The maximum atomic E-state index is 10.7. The molecule has 16 heavy (non-hydrogen) atoms. The van der Waals surface area contributed by atoms with Gasteiger partial charge in [-0.2, -0.15) is 0 Å². The Morgan fingerprint density at radius 3 is 2.19 bits per heavy atom. The molecule has 0 fully saturated rings. The van der Waals surface area contributed by atoms with E-state index in [0.29, 0.717) is 6.08 Å². The number of rotatable bonds is 4. The first-order chi connectivity index (χ1) is 7.59. The zero-order valence-corrected chi connectivity index (χ0v) is 8.33. The quantitative estimate of drug-likeness (QED) is 0.596. The lowest BCUT2D eigenvalue weighted by molar-refractivity contribution is -0.134. The second-order valence-electron chi connectivity index (χ2n) is 2.99. The van der Waals surface area contributed by atoms with E-state index < -0.39 is 11.9 Å². The molecule has 0 heterocycles. The summed E-state index contributed by atoms with van der Waals surface area (Å²) in [6.45, 7) is 0. The molecule has 82 valence electrons. The van der Waals surface area contributed by atoms with Crippen LogP contribution in [0.2, 0.25) is 0 Å². The van der Waals surface area contributed by atoms with Crippen LogP contribution in [0.25, 0.3) is 6.08 Å². The molecule has 0 saturated heterocycles. The van der Waals surface area contributed by atoms with Crippen molar-refractivity contribution in [2.75, 3.05) is 0 Å². The summed E-state index contributed by atoms with van der Waals surface area (Å²) < 4.78 is 0. The van der Waals surface area contributed by atoms with Crippen molar-refractivity contribution in [1.29, 1.82) is 0 Å². The Morgan fingerprint density at radius 2 is 1.69 bits per heavy atom. The minimum absolute atomic E-state index is 0.267. The highest BCUT2D eigenvalue weighted by atomic mass is 16.4. The summed E-state index contributed by atoms with van der Waals surface area (Å²) in [4.78, 5) is 21.0. The molecule has 0 aromatic heterocycles. The molecule has 0 atom stereocenters. The van der Waals surface area contributed by atoms with Gasteiger partial charge in [0.1, 0.15) is 0 Å². The van der Waals surface area contributed by atoms with Gasteiger partial charge in [-0.1, -0.05) is 36.4 Å². The van der Waals surface area contributed by atoms with E-state index in [-0.39, 0.29) is 5.57 Å². The molecule has 1 aromatic carbocycles. The van der Waals surface area contributed by atoms with Crippen LogP contribution < -0.4 is 0 Å². The molecule has 0 radical (unpaired) electrons. The molecular formula is C12H10O4. The van der Waals surface area contributed by atoms with Crippen molar-refractivity contribution in [2.45, 2.75) is 0 Å². The third-order valence-corrected chi connectivity index (χ3v) is 1.78. The van der Waals surface area contributed by atoms with Crippen LogP contribution in [0.4, 0.5) is 0 Å². The van der Waals surface area contributed by atoms with Gasteiger partial charge < -0.3 is 10.2 Å². The van der Waals surface area contributed by atoms with E-state index >= 15 is 0 Å². The van der Waals surface area contributed by atoms with E-state index in [1.165, 1.54) is 6.08 Å². The molecule has 0 aliphatic carbocycles. The zero-order valence-electron chi connectivity index (χ0n) is 8.33. The summed E-state index contributed by atoms with van der Waals surface area (Å²) in [5.41, 5.74) is 0.538. The van der Waals surface area contributed by atoms with Gasteiger partial charge in [-0.05, 0) is 11.6 Å². The van der Waals surface area contributed by atoms with Crippen molar-refractivity contribution in [3.63, 3.8) is 0 Å². The number of carboxylic acid groups (broad SMARTS) is 2. The van der Waals surface area contributed by atoms with Crippen molar-refractivity contribution in [2.24, 2.45) is 0 Å². The number of benzene rings is 1. The van der Waals surface area contributed by atoms with Gasteiger partial charge in [0.2, 0.25) is 0 Å². The Labute approximate surface area is 92.2 Å². The van der Waals surface area contributed by atoms with Gasteiger partial charge >= 0.3 is 11.9 Å². The number of hydrogen-bond acceptors (Lipinski definition) is 2. The first kappa shape index (κ1) is 11.7. The molecule has 0 spiro atoms. The lowest BCUT2D eigenvalue weighted by Gasteiger charge is -1.94. The maximum absolute atomic E-state index is 10.7.